The fourth-order valence-corrected chi connectivity index (χ4v) is 2.24. The maximum absolute atomic E-state index is 12.3. The average molecular weight is 244 g/mol. The van der Waals surface area contributed by atoms with Crippen molar-refractivity contribution in [3.8, 4) is 0 Å². The Morgan fingerprint density at radius 2 is 2.33 bits per heavy atom. The third-order valence-electron chi connectivity index (χ3n) is 3.24. The van der Waals surface area contributed by atoms with E-state index in [1.165, 1.54) is 5.56 Å². The number of para-hydroxylation sites is 1. The number of hydrogen-bond acceptors (Lipinski definition) is 2. The van der Waals surface area contributed by atoms with Crippen molar-refractivity contribution in [3.05, 3.63) is 42.5 Å². The van der Waals surface area contributed by atoms with Crippen LogP contribution in [0.4, 0.5) is 5.69 Å². The third kappa shape index (κ3) is 2.79. The predicted octanol–water partition coefficient (Wildman–Crippen LogP) is 2.48. The first-order valence-electron chi connectivity index (χ1n) is 6.45. The molecule has 1 atom stereocenters. The molecule has 0 aliphatic carbocycles. The molecule has 0 saturated heterocycles. The van der Waals surface area contributed by atoms with Gasteiger partial charge in [-0.1, -0.05) is 24.3 Å². The van der Waals surface area contributed by atoms with Gasteiger partial charge < -0.3 is 10.2 Å². The third-order valence-corrected chi connectivity index (χ3v) is 3.24. The van der Waals surface area contributed by atoms with Crippen LogP contribution in [0.25, 0.3) is 0 Å². The van der Waals surface area contributed by atoms with E-state index in [9.17, 15) is 4.79 Å². The number of allylic oxidation sites excluding steroid dienone is 1. The topological polar surface area (TPSA) is 32.3 Å². The number of amides is 1. The van der Waals surface area contributed by atoms with Crippen LogP contribution in [-0.2, 0) is 11.3 Å². The molecule has 1 unspecified atom stereocenters. The van der Waals surface area contributed by atoms with E-state index in [1.54, 1.807) is 6.08 Å². The summed E-state index contributed by atoms with van der Waals surface area (Å²) < 4.78 is 0. The summed E-state index contributed by atoms with van der Waals surface area (Å²) in [5, 5.41) is 3.43. The van der Waals surface area contributed by atoms with E-state index in [2.05, 4.69) is 24.9 Å². The van der Waals surface area contributed by atoms with Crippen LogP contribution in [0.1, 0.15) is 25.3 Å². The van der Waals surface area contributed by atoms with E-state index in [1.807, 2.05) is 23.1 Å². The number of nitrogens with zero attached hydrogens (tertiary/aromatic N) is 1. The van der Waals surface area contributed by atoms with Crippen LogP contribution in [0.5, 0.6) is 0 Å². The van der Waals surface area contributed by atoms with Crippen LogP contribution in [0.15, 0.2) is 36.9 Å². The smallest absolute Gasteiger partial charge is 0.227 e. The molecule has 0 aromatic heterocycles. The summed E-state index contributed by atoms with van der Waals surface area (Å²) in [6, 6.07) is 8.42. The van der Waals surface area contributed by atoms with Gasteiger partial charge in [-0.3, -0.25) is 4.79 Å². The number of nitrogens with one attached hydrogen (secondary N) is 1. The fraction of sp³-hybridized carbons (Fsp3) is 0.400. The van der Waals surface area contributed by atoms with E-state index >= 15 is 0 Å². The molecule has 0 saturated carbocycles. The Bertz CT molecular complexity index is 442. The van der Waals surface area contributed by atoms with Crippen molar-refractivity contribution in [1.29, 1.82) is 0 Å². The highest BCUT2D eigenvalue weighted by Gasteiger charge is 2.22. The lowest BCUT2D eigenvalue weighted by Crippen LogP contribution is -2.39. The van der Waals surface area contributed by atoms with Crippen LogP contribution < -0.4 is 10.2 Å². The van der Waals surface area contributed by atoms with Crippen molar-refractivity contribution in [1.82, 2.24) is 5.32 Å². The zero-order valence-electron chi connectivity index (χ0n) is 10.9. The number of fused-ring (bicyclic) bond motifs is 1. The van der Waals surface area contributed by atoms with Gasteiger partial charge in [0.1, 0.15) is 0 Å². The highest BCUT2D eigenvalue weighted by atomic mass is 16.2. The summed E-state index contributed by atoms with van der Waals surface area (Å²) in [6.07, 6.45) is 3.06. The highest BCUT2D eigenvalue weighted by Crippen LogP contribution is 2.24. The Morgan fingerprint density at radius 3 is 3.11 bits per heavy atom. The number of benzene rings is 1. The van der Waals surface area contributed by atoms with Gasteiger partial charge in [-0.15, -0.1) is 6.58 Å². The molecule has 1 aromatic carbocycles. The van der Waals surface area contributed by atoms with Gasteiger partial charge in [-0.05, 0) is 25.0 Å². The standard InChI is InChI=1S/C15H20N2O/c1-3-4-9-15(18)17-11-12(2)16-10-13-7-5-6-8-14(13)17/h3,5-8,12,16H,1,4,9-11H2,2H3. The Labute approximate surface area is 108 Å². The second-order valence-electron chi connectivity index (χ2n) is 4.74. The van der Waals surface area contributed by atoms with Crippen LogP contribution in [0.3, 0.4) is 0 Å². The number of carbonyl (C=O) groups excluding carboxylic acids is 1. The Kier molecular flexibility index (Phi) is 4.15. The fourth-order valence-electron chi connectivity index (χ4n) is 2.24. The first kappa shape index (κ1) is 12.8. The summed E-state index contributed by atoms with van der Waals surface area (Å²) >= 11 is 0. The van der Waals surface area contributed by atoms with Crippen LogP contribution in [-0.4, -0.2) is 18.5 Å². The maximum atomic E-state index is 12.3. The molecule has 1 amide bonds. The van der Waals surface area contributed by atoms with Crippen molar-refractivity contribution in [3.63, 3.8) is 0 Å². The summed E-state index contributed by atoms with van der Waals surface area (Å²) in [7, 11) is 0. The number of carbonyl (C=O) groups is 1. The van der Waals surface area contributed by atoms with Gasteiger partial charge in [0, 0.05) is 31.2 Å². The first-order valence-corrected chi connectivity index (χ1v) is 6.45. The van der Waals surface area contributed by atoms with Gasteiger partial charge in [0.15, 0.2) is 0 Å². The Morgan fingerprint density at radius 1 is 1.56 bits per heavy atom. The van der Waals surface area contributed by atoms with E-state index in [0.29, 0.717) is 12.5 Å². The molecular formula is C15H20N2O. The van der Waals surface area contributed by atoms with Gasteiger partial charge >= 0.3 is 0 Å². The van der Waals surface area contributed by atoms with E-state index in [4.69, 9.17) is 0 Å². The van der Waals surface area contributed by atoms with Gasteiger partial charge in [0.25, 0.3) is 0 Å². The molecule has 18 heavy (non-hydrogen) atoms. The molecule has 0 radical (unpaired) electrons. The minimum atomic E-state index is 0.179. The largest absolute Gasteiger partial charge is 0.311 e. The monoisotopic (exact) mass is 244 g/mol. The molecule has 1 N–H and O–H groups in total. The molecule has 0 bridgehead atoms. The second-order valence-corrected chi connectivity index (χ2v) is 4.74. The molecular weight excluding hydrogens is 224 g/mol. The average Bonchev–Trinajstić information content (AvgIpc) is 2.56. The van der Waals surface area contributed by atoms with Gasteiger partial charge in [0.2, 0.25) is 5.91 Å². The van der Waals surface area contributed by atoms with Crippen LogP contribution in [0, 0.1) is 0 Å². The Hall–Kier alpha value is -1.61. The minimum Gasteiger partial charge on any atom is -0.311 e. The van der Waals surface area contributed by atoms with Gasteiger partial charge in [-0.2, -0.15) is 0 Å². The lowest BCUT2D eigenvalue weighted by atomic mass is 10.1. The first-order chi connectivity index (χ1) is 8.72. The Balaban J connectivity index is 2.26. The molecule has 0 spiro atoms. The minimum absolute atomic E-state index is 0.179. The lowest BCUT2D eigenvalue weighted by Gasteiger charge is -2.24. The predicted molar refractivity (Wildman–Crippen MR) is 74.5 cm³/mol. The molecule has 1 aromatic rings. The van der Waals surface area contributed by atoms with Crippen molar-refractivity contribution in [2.75, 3.05) is 11.4 Å². The normalized spacial score (nSPS) is 18.9. The van der Waals surface area contributed by atoms with Gasteiger partial charge in [0.05, 0.1) is 0 Å². The number of rotatable bonds is 3. The van der Waals surface area contributed by atoms with E-state index in [-0.39, 0.29) is 5.91 Å². The van der Waals surface area contributed by atoms with Crippen molar-refractivity contribution in [2.24, 2.45) is 0 Å². The van der Waals surface area contributed by atoms with Gasteiger partial charge in [-0.25, -0.2) is 0 Å². The maximum Gasteiger partial charge on any atom is 0.227 e. The molecule has 96 valence electrons. The van der Waals surface area contributed by atoms with Crippen LogP contribution in [0.2, 0.25) is 0 Å². The van der Waals surface area contributed by atoms with Crippen LogP contribution >= 0.6 is 0 Å². The lowest BCUT2D eigenvalue weighted by molar-refractivity contribution is -0.118. The molecule has 3 heteroatoms. The summed E-state index contributed by atoms with van der Waals surface area (Å²) in [5.41, 5.74) is 2.23. The zero-order chi connectivity index (χ0) is 13.0. The van der Waals surface area contributed by atoms with Crippen molar-refractivity contribution < 1.29 is 4.79 Å². The molecule has 1 aliphatic heterocycles. The van der Waals surface area contributed by atoms with E-state index < -0.39 is 0 Å². The summed E-state index contributed by atoms with van der Waals surface area (Å²) in [6.45, 7) is 7.33. The quantitative estimate of drug-likeness (QED) is 0.828. The summed E-state index contributed by atoms with van der Waals surface area (Å²) in [5.74, 6) is 0.179. The van der Waals surface area contributed by atoms with Crippen molar-refractivity contribution in [2.45, 2.75) is 32.4 Å². The molecule has 0 fully saturated rings. The SMILES string of the molecule is C=CCCC(=O)N1CC(C)NCc2ccccc21. The van der Waals surface area contributed by atoms with Crippen molar-refractivity contribution >= 4 is 11.6 Å². The molecule has 1 aliphatic rings. The summed E-state index contributed by atoms with van der Waals surface area (Å²) in [4.78, 5) is 14.2. The van der Waals surface area contributed by atoms with E-state index in [0.717, 1.165) is 25.2 Å². The second kappa shape index (κ2) is 5.83. The zero-order valence-corrected chi connectivity index (χ0v) is 10.9. The molecule has 1 heterocycles. The number of hydrogen-bond donors (Lipinski definition) is 1. The number of anilines is 1. The molecule has 3 nitrogen and oxygen atoms in total. The highest BCUT2D eigenvalue weighted by molar-refractivity contribution is 5.94. The molecule has 2 rings (SSSR count).